The zero-order valence-electron chi connectivity index (χ0n) is 30.5. The lowest BCUT2D eigenvalue weighted by molar-refractivity contribution is -0.671. The molecule has 6 fully saturated rings. The highest BCUT2D eigenvalue weighted by Crippen LogP contribution is 2.70. The minimum absolute atomic E-state index is 0.102. The van der Waals surface area contributed by atoms with Gasteiger partial charge in [-0.05, 0) is 92.8 Å². The molecule has 1 amide bonds. The molecule has 0 aromatic rings. The van der Waals surface area contributed by atoms with Gasteiger partial charge in [-0.2, -0.15) is 19.6 Å². The first-order chi connectivity index (χ1) is 22.8. The molecule has 0 radical (unpaired) electrons. The summed E-state index contributed by atoms with van der Waals surface area (Å²) in [6, 6.07) is 0. The van der Waals surface area contributed by atoms with Gasteiger partial charge in [-0.1, -0.05) is 41.0 Å². The van der Waals surface area contributed by atoms with Crippen LogP contribution in [0.25, 0.3) is 0 Å². The quantitative estimate of drug-likeness (QED) is 0.211. The van der Waals surface area contributed by atoms with E-state index in [-0.39, 0.29) is 82.3 Å². The van der Waals surface area contributed by atoms with Crippen molar-refractivity contribution in [3.05, 3.63) is 0 Å². The molecule has 5 aliphatic carbocycles. The normalized spacial score (nSPS) is 45.8. The molecule has 0 aromatic carbocycles. The third-order valence-electron chi connectivity index (χ3n) is 14.3. The van der Waals surface area contributed by atoms with E-state index in [2.05, 4.69) is 39.9 Å². The first-order valence-electron chi connectivity index (χ1n) is 19.1. The van der Waals surface area contributed by atoms with Gasteiger partial charge >= 0.3 is 11.9 Å². The Kier molecular flexibility index (Phi) is 10.3. The van der Waals surface area contributed by atoms with Gasteiger partial charge in [0.15, 0.2) is 0 Å². The van der Waals surface area contributed by atoms with Gasteiger partial charge in [0.1, 0.15) is 12.2 Å². The first kappa shape index (κ1) is 36.1. The second kappa shape index (κ2) is 13.8. The zero-order chi connectivity index (χ0) is 34.5. The smallest absolute Gasteiger partial charge is 0.302 e. The van der Waals surface area contributed by atoms with Crippen LogP contribution in [0.1, 0.15) is 138 Å². The second-order valence-electron chi connectivity index (χ2n) is 17.0. The van der Waals surface area contributed by atoms with E-state index < -0.39 is 11.6 Å². The minimum Gasteiger partial charge on any atom is -0.462 e. The Hall–Kier alpha value is -1.75. The van der Waals surface area contributed by atoms with Crippen LogP contribution >= 0.6 is 0 Å². The molecular formula is C38H61NO9. The van der Waals surface area contributed by atoms with Crippen LogP contribution in [-0.2, 0) is 43.4 Å². The van der Waals surface area contributed by atoms with Crippen molar-refractivity contribution in [1.29, 1.82) is 0 Å². The predicted molar refractivity (Wildman–Crippen MR) is 176 cm³/mol. The molecule has 272 valence electrons. The second-order valence-corrected chi connectivity index (χ2v) is 17.0. The van der Waals surface area contributed by atoms with Crippen LogP contribution in [0.15, 0.2) is 0 Å². The van der Waals surface area contributed by atoms with E-state index in [0.29, 0.717) is 25.8 Å². The van der Waals surface area contributed by atoms with Gasteiger partial charge in [0.05, 0.1) is 0 Å². The summed E-state index contributed by atoms with van der Waals surface area (Å²) in [4.78, 5) is 62.6. The molecule has 10 nitrogen and oxygen atoms in total. The van der Waals surface area contributed by atoms with Crippen LogP contribution in [-0.4, -0.2) is 48.2 Å². The Bertz CT molecular complexity index is 1200. The Morgan fingerprint density at radius 2 is 1.62 bits per heavy atom. The summed E-state index contributed by atoms with van der Waals surface area (Å²) in [6.07, 6.45) is 11.1. The molecule has 10 heteroatoms. The number of nitrogens with one attached hydrogen (secondary N) is 1. The van der Waals surface area contributed by atoms with E-state index in [9.17, 15) is 14.4 Å². The van der Waals surface area contributed by atoms with Gasteiger partial charge < -0.3 is 14.8 Å². The van der Waals surface area contributed by atoms with Crippen molar-refractivity contribution in [2.45, 2.75) is 162 Å². The van der Waals surface area contributed by atoms with Crippen molar-refractivity contribution in [2.24, 2.45) is 52.3 Å². The lowest BCUT2D eigenvalue weighted by Gasteiger charge is -2.65. The highest BCUT2D eigenvalue weighted by molar-refractivity contribution is 5.75. The van der Waals surface area contributed by atoms with E-state index in [0.717, 1.165) is 70.6 Å². The Morgan fingerprint density at radius 1 is 0.896 bits per heavy atom. The fourth-order valence-electron chi connectivity index (χ4n) is 11.7. The monoisotopic (exact) mass is 675 g/mol. The molecule has 1 heterocycles. The van der Waals surface area contributed by atoms with Gasteiger partial charge in [-0.25, -0.2) is 0 Å². The lowest BCUT2D eigenvalue weighted by Crippen LogP contribution is -2.65. The maximum Gasteiger partial charge on any atom is 0.302 e. The van der Waals surface area contributed by atoms with E-state index >= 15 is 0 Å². The standard InChI is InChI=1S/C38H61NO9/c1-8-19-39-33(42)15-12-23(2)28-13-14-29-34-30(21-32(36(28,29)7)44-26(5)41)35(6)17-18-37(22-27(35)20-31(34)43-25(4)40)45-47-38(48-46-37)16-10-9-11-24(38)3/h23-24,27-32,34H,8-22H2,1-7H3,(H,39,42)/t23?,24?,27-,28-,29?,30?,31-,32+,34?,35+,36-,37?,38?/m1/s1. The molecule has 1 saturated heterocycles. The highest BCUT2D eigenvalue weighted by atomic mass is 17.4. The number of rotatable bonds is 8. The molecule has 11 atom stereocenters. The van der Waals surface area contributed by atoms with Crippen LogP contribution in [0.2, 0.25) is 0 Å². The van der Waals surface area contributed by atoms with Gasteiger partial charge in [0.25, 0.3) is 0 Å². The van der Waals surface area contributed by atoms with Crippen LogP contribution in [0.3, 0.4) is 0 Å². The fraction of sp³-hybridized carbons (Fsp3) is 0.921. The third kappa shape index (κ3) is 6.34. The Labute approximate surface area is 287 Å². The van der Waals surface area contributed by atoms with E-state index in [1.807, 2.05) is 0 Å². The van der Waals surface area contributed by atoms with Crippen molar-refractivity contribution >= 4 is 17.8 Å². The van der Waals surface area contributed by atoms with E-state index in [1.165, 1.54) is 13.8 Å². The Morgan fingerprint density at radius 3 is 2.29 bits per heavy atom. The van der Waals surface area contributed by atoms with Crippen LogP contribution in [0.4, 0.5) is 0 Å². The summed E-state index contributed by atoms with van der Waals surface area (Å²) >= 11 is 0. The number of hydrogen-bond donors (Lipinski definition) is 1. The van der Waals surface area contributed by atoms with E-state index in [4.69, 9.17) is 29.0 Å². The number of carbonyl (C=O) groups is 3. The number of carbonyl (C=O) groups excluding carboxylic acids is 3. The number of ether oxygens (including phenoxy) is 2. The molecule has 6 aliphatic rings. The highest BCUT2D eigenvalue weighted by Gasteiger charge is 2.69. The number of esters is 2. The molecule has 1 N–H and O–H groups in total. The predicted octanol–water partition coefficient (Wildman–Crippen LogP) is 7.18. The van der Waals surface area contributed by atoms with Gasteiger partial charge in [-0.15, -0.1) is 0 Å². The van der Waals surface area contributed by atoms with Crippen LogP contribution in [0, 0.1) is 52.3 Å². The van der Waals surface area contributed by atoms with Gasteiger partial charge in [0, 0.05) is 63.3 Å². The van der Waals surface area contributed by atoms with Crippen LogP contribution < -0.4 is 5.32 Å². The molecule has 48 heavy (non-hydrogen) atoms. The topological polar surface area (TPSA) is 119 Å². The van der Waals surface area contributed by atoms with Crippen molar-refractivity contribution in [1.82, 2.24) is 5.32 Å². The summed E-state index contributed by atoms with van der Waals surface area (Å²) in [5.41, 5.74) is -0.390. The number of amides is 1. The number of fused-ring (bicyclic) bond motifs is 5. The summed E-state index contributed by atoms with van der Waals surface area (Å²) < 4.78 is 12.6. The van der Waals surface area contributed by atoms with E-state index in [1.54, 1.807) is 0 Å². The Balaban J connectivity index is 1.25. The first-order valence-corrected chi connectivity index (χ1v) is 19.1. The third-order valence-corrected chi connectivity index (χ3v) is 14.3. The zero-order valence-corrected chi connectivity index (χ0v) is 30.5. The summed E-state index contributed by atoms with van der Waals surface area (Å²) in [7, 11) is 0. The van der Waals surface area contributed by atoms with Crippen molar-refractivity contribution in [2.75, 3.05) is 6.54 Å². The molecule has 0 aromatic heterocycles. The minimum atomic E-state index is -1.00. The lowest BCUT2D eigenvalue weighted by atomic mass is 9.42. The molecule has 0 bridgehead atoms. The average Bonchev–Trinajstić information content (AvgIpc) is 3.40. The van der Waals surface area contributed by atoms with Gasteiger partial charge in [0.2, 0.25) is 17.5 Å². The SMILES string of the molecule is CCCNC(=O)CCC(C)[C@H]1CCC2C3C(C[C@H](OC(C)=O)[C@@]21C)[C@@]1(C)CCC2(C[C@H]1C[C@H]3OC(C)=O)OOC1(CCCCC1C)OO2. The molecule has 1 aliphatic heterocycles. The maximum absolute atomic E-state index is 12.7. The maximum atomic E-state index is 12.7. The molecule has 5 saturated carbocycles. The average molecular weight is 676 g/mol. The largest absolute Gasteiger partial charge is 0.462 e. The summed E-state index contributed by atoms with van der Waals surface area (Å²) in [5, 5.41) is 3.02. The van der Waals surface area contributed by atoms with Crippen molar-refractivity contribution in [3.63, 3.8) is 0 Å². The van der Waals surface area contributed by atoms with Crippen molar-refractivity contribution < 1.29 is 43.4 Å². The molecule has 2 spiro atoms. The van der Waals surface area contributed by atoms with Crippen molar-refractivity contribution in [3.8, 4) is 0 Å². The number of hydrogen-bond acceptors (Lipinski definition) is 9. The molecular weight excluding hydrogens is 614 g/mol. The summed E-state index contributed by atoms with van der Waals surface area (Å²) in [6.45, 7) is 14.9. The molecule has 5 unspecified atom stereocenters. The van der Waals surface area contributed by atoms with Crippen LogP contribution in [0.5, 0.6) is 0 Å². The fourth-order valence-corrected chi connectivity index (χ4v) is 11.7. The van der Waals surface area contributed by atoms with Gasteiger partial charge in [-0.3, -0.25) is 14.4 Å². The summed E-state index contributed by atoms with van der Waals surface area (Å²) in [5.74, 6) is -0.842. The molecule has 6 rings (SSSR count).